The molecule has 41 heavy (non-hydrogen) atoms. The first-order valence-corrected chi connectivity index (χ1v) is 14.5. The highest BCUT2D eigenvalue weighted by molar-refractivity contribution is 6.04. The Morgan fingerprint density at radius 2 is 1.88 bits per heavy atom. The van der Waals surface area contributed by atoms with Gasteiger partial charge in [-0.05, 0) is 76.5 Å². The van der Waals surface area contributed by atoms with Gasteiger partial charge in [0.2, 0.25) is 5.69 Å². The SMILES string of the molecule is CC(C)c1cccc(C(=O)Nc2cc3cn(C4CCC(O)(C5CC5)CC4)nc3cc2-n2cc(C(C)(C)O)cn2)[n+]1O. The highest BCUT2D eigenvalue weighted by atomic mass is 16.5. The molecule has 2 saturated carbocycles. The van der Waals surface area contributed by atoms with Crippen LogP contribution >= 0.6 is 0 Å². The molecule has 0 atom stereocenters. The fourth-order valence-electron chi connectivity index (χ4n) is 6.04. The predicted molar refractivity (Wildman–Crippen MR) is 153 cm³/mol. The Morgan fingerprint density at radius 1 is 1.15 bits per heavy atom. The number of fused-ring (bicyclic) bond motifs is 1. The van der Waals surface area contributed by atoms with E-state index in [1.165, 1.54) is 0 Å². The molecule has 2 aliphatic rings. The standard InChI is InChI=1S/C31H38N6O4/c1-19(2)26-6-5-7-27(37(26)41)29(38)33-25-14-20-17-35(23-10-12-31(40,13-11-23)21-8-9-21)34-24(20)15-28(25)36-18-22(16-32-36)30(3,4)39/h5-7,14-19,21,23,39-40H,8-13H2,1-4H3,(H-,33,38,41)/p+1. The number of hydrogen-bond acceptors (Lipinski definition) is 6. The summed E-state index contributed by atoms with van der Waals surface area (Å²) in [5.41, 5.74) is 1.58. The van der Waals surface area contributed by atoms with E-state index in [0.717, 1.165) is 54.2 Å². The molecular weight excluding hydrogens is 520 g/mol. The minimum atomic E-state index is -1.09. The number of benzene rings is 1. The van der Waals surface area contributed by atoms with Crippen LogP contribution in [0.5, 0.6) is 0 Å². The first-order valence-electron chi connectivity index (χ1n) is 14.5. The summed E-state index contributed by atoms with van der Waals surface area (Å²) in [5.74, 6) is 0.00921. The van der Waals surface area contributed by atoms with Crippen LogP contribution in [0.1, 0.15) is 99.9 Å². The van der Waals surface area contributed by atoms with Crippen LogP contribution in [0.2, 0.25) is 0 Å². The maximum absolute atomic E-state index is 13.5. The van der Waals surface area contributed by atoms with Crippen LogP contribution in [0.3, 0.4) is 0 Å². The summed E-state index contributed by atoms with van der Waals surface area (Å²) in [6, 6.07) is 9.05. The van der Waals surface area contributed by atoms with Crippen molar-refractivity contribution >= 4 is 22.5 Å². The largest absolute Gasteiger partial charge is 0.390 e. The summed E-state index contributed by atoms with van der Waals surface area (Å²) < 4.78 is 4.55. The maximum atomic E-state index is 13.5. The quantitative estimate of drug-likeness (QED) is 0.193. The molecule has 216 valence electrons. The molecule has 0 aliphatic heterocycles. The second kappa shape index (κ2) is 9.95. The van der Waals surface area contributed by atoms with Gasteiger partial charge in [-0.25, -0.2) is 4.68 Å². The van der Waals surface area contributed by atoms with E-state index in [1.54, 1.807) is 49.1 Å². The molecule has 1 amide bonds. The van der Waals surface area contributed by atoms with Gasteiger partial charge in [0.15, 0.2) is 0 Å². The van der Waals surface area contributed by atoms with Crippen molar-refractivity contribution in [1.29, 1.82) is 0 Å². The van der Waals surface area contributed by atoms with Crippen LogP contribution in [0.15, 0.2) is 48.9 Å². The summed E-state index contributed by atoms with van der Waals surface area (Å²) >= 11 is 0. The topological polar surface area (TPSA) is 129 Å². The minimum Gasteiger partial charge on any atom is -0.390 e. The zero-order valence-corrected chi connectivity index (χ0v) is 24.1. The molecule has 2 aliphatic carbocycles. The summed E-state index contributed by atoms with van der Waals surface area (Å²) in [7, 11) is 0. The van der Waals surface area contributed by atoms with Crippen LogP contribution in [-0.4, -0.2) is 46.5 Å². The molecule has 0 saturated heterocycles. The number of carbonyl (C=O) groups excluding carboxylic acids is 1. The first kappa shape index (κ1) is 27.4. The van der Waals surface area contributed by atoms with Crippen molar-refractivity contribution in [2.45, 2.75) is 89.4 Å². The van der Waals surface area contributed by atoms with Crippen molar-refractivity contribution in [2.24, 2.45) is 5.92 Å². The number of carbonyl (C=O) groups is 1. The van der Waals surface area contributed by atoms with E-state index < -0.39 is 17.1 Å². The number of aliphatic hydroxyl groups is 2. The van der Waals surface area contributed by atoms with Crippen LogP contribution < -0.4 is 10.0 Å². The molecule has 0 radical (unpaired) electrons. The second-order valence-electron chi connectivity index (χ2n) is 12.6. The zero-order chi connectivity index (χ0) is 29.1. The third kappa shape index (κ3) is 5.22. The van der Waals surface area contributed by atoms with E-state index >= 15 is 0 Å². The van der Waals surface area contributed by atoms with Gasteiger partial charge in [0.1, 0.15) is 0 Å². The number of rotatable bonds is 7. The normalized spacial score (nSPS) is 21.5. The molecule has 3 heterocycles. The number of pyridine rings is 1. The molecule has 10 nitrogen and oxygen atoms in total. The van der Waals surface area contributed by atoms with Gasteiger partial charge in [-0.2, -0.15) is 10.2 Å². The Labute approximate surface area is 239 Å². The lowest BCUT2D eigenvalue weighted by molar-refractivity contribution is -0.911. The summed E-state index contributed by atoms with van der Waals surface area (Å²) in [5, 5.41) is 45.5. The highest BCUT2D eigenvalue weighted by Crippen LogP contribution is 2.49. The van der Waals surface area contributed by atoms with Crippen LogP contribution in [-0.2, 0) is 5.60 Å². The van der Waals surface area contributed by atoms with Crippen molar-refractivity contribution in [1.82, 2.24) is 19.6 Å². The van der Waals surface area contributed by atoms with Crippen LogP contribution in [0.4, 0.5) is 5.69 Å². The lowest BCUT2D eigenvalue weighted by Crippen LogP contribution is -2.43. The zero-order valence-electron chi connectivity index (χ0n) is 24.1. The molecular formula is C31H39N6O4+. The third-order valence-corrected chi connectivity index (χ3v) is 8.77. The average Bonchev–Trinajstić information content (AvgIpc) is 3.52. The Bertz CT molecular complexity index is 1600. The number of amides is 1. The van der Waals surface area contributed by atoms with Crippen molar-refractivity contribution in [2.75, 3.05) is 5.32 Å². The third-order valence-electron chi connectivity index (χ3n) is 8.77. The molecule has 4 N–H and O–H groups in total. The fraction of sp³-hybridized carbons (Fsp3) is 0.484. The molecule has 6 rings (SSSR count). The van der Waals surface area contributed by atoms with E-state index in [9.17, 15) is 20.2 Å². The minimum absolute atomic E-state index is 0.0230. The van der Waals surface area contributed by atoms with Crippen molar-refractivity contribution in [3.8, 4) is 5.69 Å². The molecule has 10 heteroatoms. The lowest BCUT2D eigenvalue weighted by Gasteiger charge is -2.36. The van der Waals surface area contributed by atoms with E-state index in [4.69, 9.17) is 5.10 Å². The van der Waals surface area contributed by atoms with E-state index in [1.807, 2.05) is 36.9 Å². The van der Waals surface area contributed by atoms with Gasteiger partial charge in [-0.1, -0.05) is 13.8 Å². The van der Waals surface area contributed by atoms with Gasteiger partial charge in [-0.15, -0.1) is 0 Å². The fourth-order valence-corrected chi connectivity index (χ4v) is 6.04. The highest BCUT2D eigenvalue weighted by Gasteiger charge is 2.46. The Kier molecular flexibility index (Phi) is 6.66. The lowest BCUT2D eigenvalue weighted by atomic mass is 9.79. The van der Waals surface area contributed by atoms with E-state index in [2.05, 4.69) is 10.4 Å². The van der Waals surface area contributed by atoms with Crippen molar-refractivity contribution < 1.29 is 24.9 Å². The van der Waals surface area contributed by atoms with Crippen LogP contribution in [0.25, 0.3) is 16.6 Å². The van der Waals surface area contributed by atoms with Crippen LogP contribution in [0, 0.1) is 5.92 Å². The monoisotopic (exact) mass is 559 g/mol. The molecule has 0 spiro atoms. The number of anilines is 1. The number of nitrogens with zero attached hydrogens (tertiary/aromatic N) is 5. The molecule has 0 bridgehead atoms. The molecule has 1 aromatic carbocycles. The summed E-state index contributed by atoms with van der Waals surface area (Å²) in [4.78, 5) is 13.5. The van der Waals surface area contributed by atoms with Gasteiger partial charge in [-0.3, -0.25) is 14.7 Å². The number of hydrogen-bond donors (Lipinski definition) is 4. The molecule has 2 fully saturated rings. The average molecular weight is 560 g/mol. The summed E-state index contributed by atoms with van der Waals surface area (Å²) in [6.07, 6.45) is 10.9. The smallest absolute Gasteiger partial charge is 0.325 e. The Morgan fingerprint density at radius 3 is 2.51 bits per heavy atom. The van der Waals surface area contributed by atoms with E-state index in [0.29, 0.717) is 28.6 Å². The Balaban J connectivity index is 1.36. The Hall–Kier alpha value is -3.76. The van der Waals surface area contributed by atoms with Gasteiger partial charge in [0.05, 0.1) is 40.3 Å². The number of aromatic nitrogens is 5. The van der Waals surface area contributed by atoms with Gasteiger partial charge in [0.25, 0.3) is 0 Å². The van der Waals surface area contributed by atoms with Crippen molar-refractivity contribution in [3.63, 3.8) is 0 Å². The predicted octanol–water partition coefficient (Wildman–Crippen LogP) is 4.61. The maximum Gasteiger partial charge on any atom is 0.325 e. The summed E-state index contributed by atoms with van der Waals surface area (Å²) in [6.45, 7) is 7.28. The van der Waals surface area contributed by atoms with Gasteiger partial charge in [0, 0.05) is 46.1 Å². The molecule has 4 aromatic rings. The van der Waals surface area contributed by atoms with Crippen molar-refractivity contribution in [3.05, 3.63) is 65.9 Å². The first-order chi connectivity index (χ1) is 19.4. The van der Waals surface area contributed by atoms with E-state index in [-0.39, 0.29) is 17.7 Å². The second-order valence-corrected chi connectivity index (χ2v) is 12.6. The molecule has 3 aromatic heterocycles. The van der Waals surface area contributed by atoms with Gasteiger partial charge < -0.3 is 15.5 Å². The molecule has 0 unspecified atom stereocenters. The van der Waals surface area contributed by atoms with Gasteiger partial charge >= 0.3 is 11.6 Å². The number of nitrogens with one attached hydrogen (secondary N) is 1.